The van der Waals surface area contributed by atoms with Gasteiger partial charge in [-0.25, -0.2) is 0 Å². The molecule has 132 valence electrons. The van der Waals surface area contributed by atoms with Crippen molar-refractivity contribution in [2.45, 2.75) is 76.9 Å². The van der Waals surface area contributed by atoms with Crippen LogP contribution in [0.5, 0.6) is 0 Å². The second-order valence-corrected chi connectivity index (χ2v) is 7.57. The summed E-state index contributed by atoms with van der Waals surface area (Å²) in [6, 6.07) is 1.16. The van der Waals surface area contributed by atoms with Crippen LogP contribution in [0.1, 0.15) is 69.6 Å². The number of rotatable bonds is 2. The van der Waals surface area contributed by atoms with E-state index in [1.54, 1.807) is 6.92 Å². The Morgan fingerprint density at radius 2 is 1.79 bits per heavy atom. The van der Waals surface area contributed by atoms with E-state index in [9.17, 15) is 4.79 Å². The zero-order valence-electron chi connectivity index (χ0n) is 14.8. The van der Waals surface area contributed by atoms with E-state index >= 15 is 0 Å². The largest absolute Gasteiger partial charge is 0.341 e. The molecule has 1 atom stereocenters. The molecule has 4 rings (SSSR count). The molecule has 1 saturated carbocycles. The van der Waals surface area contributed by atoms with Crippen molar-refractivity contribution in [2.24, 2.45) is 0 Å². The Morgan fingerprint density at radius 3 is 2.58 bits per heavy atom. The predicted molar refractivity (Wildman–Crippen MR) is 91.5 cm³/mol. The summed E-state index contributed by atoms with van der Waals surface area (Å²) in [7, 11) is 0. The molecule has 2 fully saturated rings. The van der Waals surface area contributed by atoms with Crippen molar-refractivity contribution in [3.05, 3.63) is 11.6 Å². The van der Waals surface area contributed by atoms with Crippen LogP contribution in [-0.2, 0) is 17.8 Å². The highest BCUT2D eigenvalue weighted by atomic mass is 16.2. The first-order valence-corrected chi connectivity index (χ1v) is 9.67. The van der Waals surface area contributed by atoms with Crippen LogP contribution in [0.2, 0.25) is 0 Å². The van der Waals surface area contributed by atoms with E-state index in [1.165, 1.54) is 51.5 Å². The minimum Gasteiger partial charge on any atom is -0.341 e. The number of aromatic nitrogens is 3. The lowest BCUT2D eigenvalue weighted by Crippen LogP contribution is -2.37. The molecule has 0 aromatic carbocycles. The summed E-state index contributed by atoms with van der Waals surface area (Å²) >= 11 is 0. The third kappa shape index (κ3) is 2.96. The fourth-order valence-corrected chi connectivity index (χ4v) is 4.82. The van der Waals surface area contributed by atoms with Crippen molar-refractivity contribution in [2.75, 3.05) is 19.6 Å². The minimum absolute atomic E-state index is 0.167. The van der Waals surface area contributed by atoms with Gasteiger partial charge in [0, 0.05) is 39.0 Å². The highest BCUT2D eigenvalue weighted by Gasteiger charge is 2.36. The number of carbonyl (C=O) groups excluding carboxylic acids is 1. The number of fused-ring (bicyclic) bond motifs is 1. The summed E-state index contributed by atoms with van der Waals surface area (Å²) < 4.78 is 2.31. The normalized spacial score (nSPS) is 26.4. The van der Waals surface area contributed by atoms with Crippen LogP contribution >= 0.6 is 0 Å². The van der Waals surface area contributed by atoms with Gasteiger partial charge in [0.2, 0.25) is 5.91 Å². The van der Waals surface area contributed by atoms with E-state index in [4.69, 9.17) is 0 Å². The molecule has 1 saturated heterocycles. The van der Waals surface area contributed by atoms with Gasteiger partial charge < -0.3 is 9.47 Å². The standard InChI is InChI=1S/C18H29N5O/c1-14(24)21-11-9-17-19-20-18(23(17)13-12-21)16-8-5-10-22(16)15-6-3-2-4-7-15/h15-16H,2-13H2,1H3/t16-/m1/s1. The smallest absolute Gasteiger partial charge is 0.219 e. The lowest BCUT2D eigenvalue weighted by molar-refractivity contribution is -0.128. The monoisotopic (exact) mass is 331 g/mol. The maximum Gasteiger partial charge on any atom is 0.219 e. The minimum atomic E-state index is 0.167. The van der Waals surface area contributed by atoms with Crippen molar-refractivity contribution in [3.8, 4) is 0 Å². The van der Waals surface area contributed by atoms with Crippen molar-refractivity contribution >= 4 is 5.91 Å². The summed E-state index contributed by atoms with van der Waals surface area (Å²) in [5.74, 6) is 2.38. The Hall–Kier alpha value is -1.43. The Morgan fingerprint density at radius 1 is 0.958 bits per heavy atom. The van der Waals surface area contributed by atoms with E-state index in [2.05, 4.69) is 19.7 Å². The molecule has 2 aliphatic heterocycles. The van der Waals surface area contributed by atoms with Crippen LogP contribution in [0.3, 0.4) is 0 Å². The third-order valence-electron chi connectivity index (χ3n) is 6.14. The van der Waals surface area contributed by atoms with E-state index in [0.29, 0.717) is 6.04 Å². The van der Waals surface area contributed by atoms with Gasteiger partial charge in [-0.15, -0.1) is 10.2 Å². The summed E-state index contributed by atoms with van der Waals surface area (Å²) in [5.41, 5.74) is 0. The molecule has 3 aliphatic rings. The summed E-state index contributed by atoms with van der Waals surface area (Å²) in [6.07, 6.45) is 10.1. The van der Waals surface area contributed by atoms with Gasteiger partial charge in [0.1, 0.15) is 11.6 Å². The number of hydrogen-bond acceptors (Lipinski definition) is 4. The van der Waals surface area contributed by atoms with Gasteiger partial charge in [0.25, 0.3) is 0 Å². The zero-order chi connectivity index (χ0) is 16.5. The van der Waals surface area contributed by atoms with Gasteiger partial charge in [0.05, 0.1) is 6.04 Å². The first kappa shape index (κ1) is 16.1. The Balaban J connectivity index is 1.54. The molecule has 1 aromatic rings. The third-order valence-corrected chi connectivity index (χ3v) is 6.14. The number of likely N-dealkylation sites (tertiary alicyclic amines) is 1. The first-order valence-electron chi connectivity index (χ1n) is 9.67. The van der Waals surface area contributed by atoms with E-state index in [0.717, 1.165) is 43.7 Å². The van der Waals surface area contributed by atoms with Crippen LogP contribution < -0.4 is 0 Å². The van der Waals surface area contributed by atoms with Crippen molar-refractivity contribution in [1.29, 1.82) is 0 Å². The van der Waals surface area contributed by atoms with E-state index in [1.807, 2.05) is 4.90 Å². The average Bonchev–Trinajstić information content (AvgIpc) is 3.17. The quantitative estimate of drug-likeness (QED) is 0.833. The summed E-state index contributed by atoms with van der Waals surface area (Å²) in [6.45, 7) is 5.26. The van der Waals surface area contributed by atoms with Crippen LogP contribution in [0, 0.1) is 0 Å². The molecule has 1 amide bonds. The van der Waals surface area contributed by atoms with Gasteiger partial charge in [-0.05, 0) is 32.2 Å². The number of carbonyl (C=O) groups is 1. The molecule has 3 heterocycles. The van der Waals surface area contributed by atoms with Crippen molar-refractivity contribution < 1.29 is 4.79 Å². The van der Waals surface area contributed by atoms with Gasteiger partial charge in [-0.3, -0.25) is 9.69 Å². The van der Waals surface area contributed by atoms with Gasteiger partial charge in [0.15, 0.2) is 0 Å². The zero-order valence-corrected chi connectivity index (χ0v) is 14.8. The fraction of sp³-hybridized carbons (Fsp3) is 0.833. The van der Waals surface area contributed by atoms with Gasteiger partial charge in [-0.2, -0.15) is 0 Å². The molecule has 0 bridgehead atoms. The second kappa shape index (κ2) is 6.82. The van der Waals surface area contributed by atoms with Crippen LogP contribution in [-0.4, -0.2) is 56.1 Å². The molecule has 6 nitrogen and oxygen atoms in total. The number of amides is 1. The highest BCUT2D eigenvalue weighted by Crippen LogP contribution is 2.37. The van der Waals surface area contributed by atoms with Crippen LogP contribution in [0.15, 0.2) is 0 Å². The molecular weight excluding hydrogens is 302 g/mol. The van der Waals surface area contributed by atoms with Crippen LogP contribution in [0.25, 0.3) is 0 Å². The molecule has 1 aromatic heterocycles. The van der Waals surface area contributed by atoms with E-state index < -0.39 is 0 Å². The Labute approximate surface area is 144 Å². The molecular formula is C18H29N5O. The average molecular weight is 331 g/mol. The number of hydrogen-bond donors (Lipinski definition) is 0. The topological polar surface area (TPSA) is 54.3 Å². The molecule has 0 radical (unpaired) electrons. The van der Waals surface area contributed by atoms with Crippen molar-refractivity contribution in [3.63, 3.8) is 0 Å². The molecule has 1 aliphatic carbocycles. The number of nitrogens with zero attached hydrogens (tertiary/aromatic N) is 5. The van der Waals surface area contributed by atoms with E-state index in [-0.39, 0.29) is 5.91 Å². The van der Waals surface area contributed by atoms with Crippen LogP contribution in [0.4, 0.5) is 0 Å². The highest BCUT2D eigenvalue weighted by molar-refractivity contribution is 5.73. The summed E-state index contributed by atoms with van der Waals surface area (Å²) in [5, 5.41) is 9.09. The lowest BCUT2D eigenvalue weighted by atomic mass is 9.93. The maximum absolute atomic E-state index is 11.7. The molecule has 0 N–H and O–H groups in total. The summed E-state index contributed by atoms with van der Waals surface area (Å²) in [4.78, 5) is 16.3. The molecule has 0 spiro atoms. The Bertz CT molecular complexity index is 592. The SMILES string of the molecule is CC(=O)N1CCc2nnc([C@H]3CCCN3C3CCCCC3)n2CC1. The van der Waals surface area contributed by atoms with Gasteiger partial charge >= 0.3 is 0 Å². The molecule has 6 heteroatoms. The lowest BCUT2D eigenvalue weighted by Gasteiger charge is -2.35. The predicted octanol–water partition coefficient (Wildman–Crippen LogP) is 2.15. The van der Waals surface area contributed by atoms with Gasteiger partial charge in [-0.1, -0.05) is 19.3 Å². The Kier molecular flexibility index (Phi) is 4.57. The maximum atomic E-state index is 11.7. The fourth-order valence-electron chi connectivity index (χ4n) is 4.82. The van der Waals surface area contributed by atoms with Crippen molar-refractivity contribution in [1.82, 2.24) is 24.6 Å². The second-order valence-electron chi connectivity index (χ2n) is 7.57. The first-order chi connectivity index (χ1) is 11.7. The molecule has 0 unspecified atom stereocenters. The molecule has 24 heavy (non-hydrogen) atoms.